The number of hydrogen-bond donors (Lipinski definition) is 0. The molecule has 0 bridgehead atoms. The third kappa shape index (κ3) is 6.97. The highest BCUT2D eigenvalue weighted by Gasteiger charge is 2.46. The molecule has 14 rings (SSSR count). The Morgan fingerprint density at radius 3 is 1.54 bits per heavy atom. The van der Waals surface area contributed by atoms with Gasteiger partial charge in [0.25, 0.3) is 0 Å². The molecular formula is C71H48N2O. The highest BCUT2D eigenvalue weighted by molar-refractivity contribution is 6.11. The molecule has 0 atom stereocenters. The van der Waals surface area contributed by atoms with Crippen LogP contribution in [0.5, 0.6) is 0 Å². The molecule has 0 N–H and O–H groups in total. The van der Waals surface area contributed by atoms with Crippen LogP contribution in [-0.2, 0) is 5.41 Å². The van der Waals surface area contributed by atoms with Crippen molar-refractivity contribution in [2.75, 3.05) is 9.80 Å². The molecule has 0 aliphatic heterocycles. The van der Waals surface area contributed by atoms with Crippen molar-refractivity contribution in [1.29, 1.82) is 0 Å². The number of fused-ring (bicyclic) bond motifs is 7. The van der Waals surface area contributed by atoms with Gasteiger partial charge >= 0.3 is 0 Å². The number of anilines is 6. The summed E-state index contributed by atoms with van der Waals surface area (Å²) in [5.41, 5.74) is 19.1. The molecule has 74 heavy (non-hydrogen) atoms. The van der Waals surface area contributed by atoms with Crippen LogP contribution in [0, 0.1) is 0 Å². The number of hydrogen-bond acceptors (Lipinski definition) is 3. The van der Waals surface area contributed by atoms with E-state index in [1.807, 2.05) is 0 Å². The summed E-state index contributed by atoms with van der Waals surface area (Å²) in [6.07, 6.45) is 0. The lowest BCUT2D eigenvalue weighted by Crippen LogP contribution is -2.28. The molecule has 0 saturated carbocycles. The highest BCUT2D eigenvalue weighted by Crippen LogP contribution is 2.58. The third-order valence-electron chi connectivity index (χ3n) is 15.1. The summed E-state index contributed by atoms with van der Waals surface area (Å²) in [5.74, 6) is 0. The molecule has 0 unspecified atom stereocenters. The Kier molecular flexibility index (Phi) is 10.4. The topological polar surface area (TPSA) is 19.6 Å². The van der Waals surface area contributed by atoms with E-state index >= 15 is 0 Å². The molecule has 1 heterocycles. The van der Waals surface area contributed by atoms with Crippen molar-refractivity contribution < 1.29 is 4.42 Å². The summed E-state index contributed by atoms with van der Waals surface area (Å²) < 4.78 is 7.03. The molecule has 1 aromatic heterocycles. The predicted molar refractivity (Wildman–Crippen MR) is 309 cm³/mol. The molecule has 1 aliphatic carbocycles. The van der Waals surface area contributed by atoms with E-state index in [1.54, 1.807) is 0 Å². The van der Waals surface area contributed by atoms with E-state index in [-0.39, 0.29) is 0 Å². The third-order valence-corrected chi connectivity index (χ3v) is 15.1. The first kappa shape index (κ1) is 43.1. The van der Waals surface area contributed by atoms with E-state index in [0.29, 0.717) is 0 Å². The maximum absolute atomic E-state index is 7.03. The molecule has 0 fully saturated rings. The van der Waals surface area contributed by atoms with E-state index in [9.17, 15) is 0 Å². The number of para-hydroxylation sites is 4. The van der Waals surface area contributed by atoms with Crippen molar-refractivity contribution in [1.82, 2.24) is 0 Å². The average molecular weight is 945 g/mol. The van der Waals surface area contributed by atoms with Crippen LogP contribution in [0.15, 0.2) is 296 Å². The predicted octanol–water partition coefficient (Wildman–Crippen LogP) is 19.4. The second kappa shape index (κ2) is 17.9. The fourth-order valence-electron chi connectivity index (χ4n) is 11.9. The van der Waals surface area contributed by atoms with Gasteiger partial charge in [0.2, 0.25) is 0 Å². The van der Waals surface area contributed by atoms with Crippen LogP contribution in [0.1, 0.15) is 22.3 Å². The Labute approximate surface area is 431 Å². The summed E-state index contributed by atoms with van der Waals surface area (Å²) in [7, 11) is 0. The smallest absolute Gasteiger partial charge is 0.159 e. The van der Waals surface area contributed by atoms with Crippen molar-refractivity contribution in [3.8, 4) is 33.4 Å². The lowest BCUT2D eigenvalue weighted by Gasteiger charge is -2.35. The van der Waals surface area contributed by atoms with E-state index < -0.39 is 5.41 Å². The quantitative estimate of drug-likeness (QED) is 0.136. The lowest BCUT2D eigenvalue weighted by molar-refractivity contribution is 0.669. The van der Waals surface area contributed by atoms with Gasteiger partial charge in [0, 0.05) is 39.2 Å². The highest BCUT2D eigenvalue weighted by atomic mass is 16.3. The van der Waals surface area contributed by atoms with Crippen molar-refractivity contribution in [3.63, 3.8) is 0 Å². The Morgan fingerprint density at radius 1 is 0.297 bits per heavy atom. The Bertz CT molecular complexity index is 4110. The van der Waals surface area contributed by atoms with Crippen molar-refractivity contribution >= 4 is 66.8 Å². The van der Waals surface area contributed by atoms with Gasteiger partial charge in [0.1, 0.15) is 5.58 Å². The Balaban J connectivity index is 1.11. The fourth-order valence-corrected chi connectivity index (χ4v) is 11.9. The molecule has 1 aliphatic rings. The van der Waals surface area contributed by atoms with Gasteiger partial charge < -0.3 is 14.2 Å². The van der Waals surface area contributed by atoms with Gasteiger partial charge in [-0.3, -0.25) is 0 Å². The molecule has 0 saturated heterocycles. The molecule has 0 spiro atoms. The zero-order valence-corrected chi connectivity index (χ0v) is 40.5. The zero-order valence-electron chi connectivity index (χ0n) is 40.5. The Morgan fingerprint density at radius 2 is 0.838 bits per heavy atom. The summed E-state index contributed by atoms with van der Waals surface area (Å²) in [6.45, 7) is 0. The van der Waals surface area contributed by atoms with Gasteiger partial charge in [0.05, 0.1) is 11.1 Å². The first-order valence-corrected chi connectivity index (χ1v) is 25.4. The van der Waals surface area contributed by atoms with Crippen LogP contribution in [0.25, 0.3) is 66.1 Å². The summed E-state index contributed by atoms with van der Waals surface area (Å²) in [6, 6.07) is 106. The number of furan rings is 1. The van der Waals surface area contributed by atoms with Crippen LogP contribution in [0.4, 0.5) is 34.1 Å². The minimum atomic E-state index is -0.610. The summed E-state index contributed by atoms with van der Waals surface area (Å²) in [5, 5.41) is 4.54. The lowest BCUT2D eigenvalue weighted by atomic mass is 9.67. The van der Waals surface area contributed by atoms with Gasteiger partial charge in [-0.15, -0.1) is 0 Å². The molecular weight excluding hydrogens is 897 g/mol. The number of benzene rings is 12. The van der Waals surface area contributed by atoms with Gasteiger partial charge in [-0.2, -0.15) is 0 Å². The summed E-state index contributed by atoms with van der Waals surface area (Å²) in [4.78, 5) is 4.82. The fraction of sp³-hybridized carbons (Fsp3) is 0.0141. The minimum Gasteiger partial charge on any atom is -0.454 e. The van der Waals surface area contributed by atoms with Gasteiger partial charge in [-0.25, -0.2) is 0 Å². The summed E-state index contributed by atoms with van der Waals surface area (Å²) >= 11 is 0. The van der Waals surface area contributed by atoms with Crippen molar-refractivity contribution in [2.24, 2.45) is 0 Å². The molecule has 3 heteroatoms. The van der Waals surface area contributed by atoms with Crippen molar-refractivity contribution in [3.05, 3.63) is 313 Å². The average Bonchev–Trinajstić information content (AvgIpc) is 4.05. The van der Waals surface area contributed by atoms with Gasteiger partial charge in [-0.1, -0.05) is 224 Å². The van der Waals surface area contributed by atoms with E-state index in [4.69, 9.17) is 4.42 Å². The largest absolute Gasteiger partial charge is 0.454 e. The molecule has 0 amide bonds. The minimum absolute atomic E-state index is 0.610. The van der Waals surface area contributed by atoms with Crippen molar-refractivity contribution in [2.45, 2.75) is 5.41 Å². The van der Waals surface area contributed by atoms with E-state index in [2.05, 4.69) is 301 Å². The number of nitrogens with zero attached hydrogens (tertiary/aromatic N) is 2. The first-order chi connectivity index (χ1) is 36.7. The number of rotatable bonds is 10. The monoisotopic (exact) mass is 944 g/mol. The van der Waals surface area contributed by atoms with Gasteiger partial charge in [0.15, 0.2) is 5.58 Å². The van der Waals surface area contributed by atoms with Crippen LogP contribution in [0.2, 0.25) is 0 Å². The van der Waals surface area contributed by atoms with E-state index in [1.165, 1.54) is 49.7 Å². The first-order valence-electron chi connectivity index (χ1n) is 25.4. The molecule has 348 valence electrons. The Hall–Kier alpha value is -9.70. The second-order valence-electron chi connectivity index (χ2n) is 19.2. The molecule has 13 aromatic rings. The normalized spacial score (nSPS) is 12.4. The zero-order chi connectivity index (χ0) is 49.0. The van der Waals surface area contributed by atoms with Crippen LogP contribution < -0.4 is 9.80 Å². The van der Waals surface area contributed by atoms with Gasteiger partial charge in [-0.05, 0) is 133 Å². The van der Waals surface area contributed by atoms with Crippen LogP contribution in [0.3, 0.4) is 0 Å². The standard InChI is InChI=1S/C71H48N2O/c1-6-24-50(25-7-1)69-59-34-17-16-23-49(59)41-43-60(69)51-45-57(72(54-30-12-4-13-31-54)55-32-14-5-15-33-55)47-58(46-51)73(67-39-22-37-64-63-36-19-21-40-68(63)74-70(64)67)56-42-44-62-61-35-18-20-38-65(61)71(66(62)48-56,52-26-8-2-9-27-52)53-28-10-3-11-29-53/h1-48H. The molecule has 12 aromatic carbocycles. The van der Waals surface area contributed by atoms with Crippen LogP contribution in [-0.4, -0.2) is 0 Å². The molecule has 0 radical (unpaired) electrons. The molecule has 3 nitrogen and oxygen atoms in total. The van der Waals surface area contributed by atoms with Crippen LogP contribution >= 0.6 is 0 Å². The maximum atomic E-state index is 7.03. The maximum Gasteiger partial charge on any atom is 0.159 e. The SMILES string of the molecule is c1ccc(-c2c(-c3cc(N(c4ccccc4)c4ccccc4)cc(N(c4ccc5c(c4)C(c4ccccc4)(c4ccccc4)c4ccccc4-5)c4cccc5c4oc4ccccc45)c3)ccc3ccccc23)cc1. The second-order valence-corrected chi connectivity index (χ2v) is 19.2. The van der Waals surface area contributed by atoms with E-state index in [0.717, 1.165) is 72.8 Å².